The highest BCUT2D eigenvalue weighted by atomic mass is 16.5. The number of nitrogens with one attached hydrogen (secondary N) is 1. The molecular weight excluding hydrogens is 440 g/mol. The zero-order valence-corrected chi connectivity index (χ0v) is 20.4. The number of nitrogens with two attached hydrogens (primary N) is 1. The molecule has 2 aromatic carbocycles. The SMILES string of the molecule is COc1nc(-c2ccccc2)nc(N(C)c2ccnc(N[C@@H](C)Cc3cccc([C@@H](C)N)c3)n2)n1. The molecule has 0 spiro atoms. The lowest BCUT2D eigenvalue weighted by molar-refractivity contribution is 0.379. The number of ether oxygens (including phenoxy) is 1. The first kappa shape index (κ1) is 24.0. The first-order valence-electron chi connectivity index (χ1n) is 11.5. The Morgan fingerprint density at radius 2 is 1.77 bits per heavy atom. The van der Waals surface area contributed by atoms with E-state index >= 15 is 0 Å². The third kappa shape index (κ3) is 6.07. The van der Waals surface area contributed by atoms with Crippen molar-refractivity contribution in [3.63, 3.8) is 0 Å². The third-order valence-corrected chi connectivity index (χ3v) is 5.50. The summed E-state index contributed by atoms with van der Waals surface area (Å²) in [6, 6.07) is 20.2. The number of methoxy groups -OCH3 is 1. The van der Waals surface area contributed by atoms with Crippen LogP contribution in [0.4, 0.5) is 17.7 Å². The molecule has 2 heterocycles. The van der Waals surface area contributed by atoms with Crippen molar-refractivity contribution in [3.8, 4) is 17.4 Å². The minimum absolute atomic E-state index is 0.00482. The number of anilines is 3. The summed E-state index contributed by atoms with van der Waals surface area (Å²) in [6.07, 6.45) is 2.52. The number of benzene rings is 2. The van der Waals surface area contributed by atoms with Crippen molar-refractivity contribution in [2.45, 2.75) is 32.4 Å². The summed E-state index contributed by atoms with van der Waals surface area (Å²) in [5.74, 6) is 2.10. The maximum atomic E-state index is 6.03. The molecule has 0 radical (unpaired) electrons. The van der Waals surface area contributed by atoms with Gasteiger partial charge in [-0.3, -0.25) is 4.90 Å². The lowest BCUT2D eigenvalue weighted by Gasteiger charge is -2.19. The molecule has 0 aliphatic heterocycles. The Hall–Kier alpha value is -4.11. The summed E-state index contributed by atoms with van der Waals surface area (Å²) < 4.78 is 5.32. The summed E-state index contributed by atoms with van der Waals surface area (Å²) in [6.45, 7) is 4.09. The molecule has 0 aliphatic rings. The molecule has 180 valence electrons. The molecule has 2 atom stereocenters. The van der Waals surface area contributed by atoms with Crippen molar-refractivity contribution in [2.75, 3.05) is 24.4 Å². The Balaban J connectivity index is 1.52. The number of rotatable bonds is 9. The van der Waals surface area contributed by atoms with E-state index in [0.717, 1.165) is 17.5 Å². The van der Waals surface area contributed by atoms with Gasteiger partial charge in [0, 0.05) is 30.9 Å². The predicted octanol–water partition coefficient (Wildman–Crippen LogP) is 4.17. The highest BCUT2D eigenvalue weighted by Gasteiger charge is 2.16. The molecule has 0 saturated heterocycles. The van der Waals surface area contributed by atoms with Crippen LogP contribution in [0.2, 0.25) is 0 Å². The highest BCUT2D eigenvalue weighted by Crippen LogP contribution is 2.24. The third-order valence-electron chi connectivity index (χ3n) is 5.50. The molecule has 4 rings (SSSR count). The summed E-state index contributed by atoms with van der Waals surface area (Å²) >= 11 is 0. The van der Waals surface area contributed by atoms with Gasteiger partial charge < -0.3 is 15.8 Å². The summed E-state index contributed by atoms with van der Waals surface area (Å²) in [4.78, 5) is 24.3. The van der Waals surface area contributed by atoms with Crippen molar-refractivity contribution < 1.29 is 4.74 Å². The maximum absolute atomic E-state index is 6.03. The normalized spacial score (nSPS) is 12.6. The largest absolute Gasteiger partial charge is 0.467 e. The summed E-state index contributed by atoms with van der Waals surface area (Å²) in [5, 5.41) is 3.39. The molecular formula is C26H30N8O. The van der Waals surface area contributed by atoms with E-state index in [0.29, 0.717) is 23.5 Å². The van der Waals surface area contributed by atoms with Crippen LogP contribution in [-0.4, -0.2) is 45.1 Å². The first-order chi connectivity index (χ1) is 16.9. The lowest BCUT2D eigenvalue weighted by atomic mass is 10.0. The van der Waals surface area contributed by atoms with Crippen molar-refractivity contribution in [1.82, 2.24) is 24.9 Å². The van der Waals surface area contributed by atoms with Crippen LogP contribution in [0.1, 0.15) is 31.0 Å². The van der Waals surface area contributed by atoms with E-state index in [9.17, 15) is 0 Å². The number of nitrogens with zero attached hydrogens (tertiary/aromatic N) is 6. The van der Waals surface area contributed by atoms with E-state index in [1.807, 2.05) is 56.4 Å². The fourth-order valence-corrected chi connectivity index (χ4v) is 3.64. The lowest BCUT2D eigenvalue weighted by Crippen LogP contribution is -2.21. The number of hydrogen-bond donors (Lipinski definition) is 2. The molecule has 0 amide bonds. The average molecular weight is 471 g/mol. The second kappa shape index (κ2) is 10.9. The zero-order valence-electron chi connectivity index (χ0n) is 20.4. The molecule has 35 heavy (non-hydrogen) atoms. The van der Waals surface area contributed by atoms with Crippen LogP contribution in [-0.2, 0) is 6.42 Å². The van der Waals surface area contributed by atoms with Gasteiger partial charge in [-0.2, -0.15) is 19.9 Å². The zero-order chi connectivity index (χ0) is 24.8. The first-order valence-corrected chi connectivity index (χ1v) is 11.5. The molecule has 4 aromatic rings. The average Bonchev–Trinajstić information content (AvgIpc) is 2.88. The minimum atomic E-state index is 0.00482. The second-order valence-corrected chi connectivity index (χ2v) is 8.39. The van der Waals surface area contributed by atoms with E-state index in [1.54, 1.807) is 17.2 Å². The number of aromatic nitrogens is 5. The molecule has 2 aromatic heterocycles. The smallest absolute Gasteiger partial charge is 0.321 e. The fourth-order valence-electron chi connectivity index (χ4n) is 3.64. The summed E-state index contributed by atoms with van der Waals surface area (Å²) in [5.41, 5.74) is 9.23. The quantitative estimate of drug-likeness (QED) is 0.372. The Labute approximate surface area is 205 Å². The van der Waals surface area contributed by atoms with Crippen molar-refractivity contribution >= 4 is 17.7 Å². The van der Waals surface area contributed by atoms with Gasteiger partial charge in [0.15, 0.2) is 5.82 Å². The van der Waals surface area contributed by atoms with Gasteiger partial charge in [0.1, 0.15) is 5.82 Å². The van der Waals surface area contributed by atoms with Crippen LogP contribution in [0.15, 0.2) is 66.9 Å². The van der Waals surface area contributed by atoms with Gasteiger partial charge >= 0.3 is 6.01 Å². The Morgan fingerprint density at radius 1 is 0.971 bits per heavy atom. The molecule has 0 fully saturated rings. The number of hydrogen-bond acceptors (Lipinski definition) is 9. The van der Waals surface area contributed by atoms with Crippen LogP contribution < -0.4 is 20.7 Å². The second-order valence-electron chi connectivity index (χ2n) is 8.39. The standard InChI is InChI=1S/C26H30N8O/c1-17(15-19-9-8-12-21(16-19)18(2)27)29-24-28-14-13-22(30-24)34(3)25-31-23(32-26(33-25)35-4)20-10-6-5-7-11-20/h5-14,16-18H,15,27H2,1-4H3,(H,28,29,30)/t17-,18+/m0/s1. The van der Waals surface area contributed by atoms with Crippen molar-refractivity contribution in [1.29, 1.82) is 0 Å². The van der Waals surface area contributed by atoms with Crippen molar-refractivity contribution in [3.05, 3.63) is 78.0 Å². The van der Waals surface area contributed by atoms with Gasteiger partial charge in [-0.05, 0) is 37.5 Å². The highest BCUT2D eigenvalue weighted by molar-refractivity contribution is 5.59. The molecule has 0 bridgehead atoms. The van der Waals surface area contributed by atoms with Gasteiger partial charge in [0.05, 0.1) is 7.11 Å². The fraction of sp³-hybridized carbons (Fsp3) is 0.269. The topological polar surface area (TPSA) is 115 Å². The van der Waals surface area contributed by atoms with Gasteiger partial charge in [-0.1, -0.05) is 54.6 Å². The van der Waals surface area contributed by atoms with E-state index in [1.165, 1.54) is 12.7 Å². The van der Waals surface area contributed by atoms with Gasteiger partial charge in [0.25, 0.3) is 0 Å². The van der Waals surface area contributed by atoms with E-state index < -0.39 is 0 Å². The van der Waals surface area contributed by atoms with Gasteiger partial charge in [0.2, 0.25) is 11.9 Å². The van der Waals surface area contributed by atoms with E-state index in [4.69, 9.17) is 10.5 Å². The Morgan fingerprint density at radius 3 is 2.51 bits per heavy atom. The molecule has 0 saturated carbocycles. The van der Waals surface area contributed by atoms with Crippen LogP contribution >= 0.6 is 0 Å². The van der Waals surface area contributed by atoms with Crippen LogP contribution in [0.25, 0.3) is 11.4 Å². The monoisotopic (exact) mass is 470 g/mol. The maximum Gasteiger partial charge on any atom is 0.321 e. The Kier molecular flexibility index (Phi) is 7.47. The van der Waals surface area contributed by atoms with Crippen LogP contribution in [0.5, 0.6) is 6.01 Å². The molecule has 9 nitrogen and oxygen atoms in total. The molecule has 9 heteroatoms. The van der Waals surface area contributed by atoms with E-state index in [-0.39, 0.29) is 18.1 Å². The molecule has 3 N–H and O–H groups in total. The predicted molar refractivity (Wildman–Crippen MR) is 138 cm³/mol. The summed E-state index contributed by atoms with van der Waals surface area (Å²) in [7, 11) is 3.38. The van der Waals surface area contributed by atoms with Crippen LogP contribution in [0, 0.1) is 0 Å². The van der Waals surface area contributed by atoms with E-state index in [2.05, 4.69) is 49.3 Å². The van der Waals surface area contributed by atoms with Gasteiger partial charge in [-0.25, -0.2) is 4.98 Å². The van der Waals surface area contributed by atoms with Crippen molar-refractivity contribution in [2.24, 2.45) is 5.73 Å². The van der Waals surface area contributed by atoms with Crippen LogP contribution in [0.3, 0.4) is 0 Å². The molecule has 0 aliphatic carbocycles. The molecule has 0 unspecified atom stereocenters. The van der Waals surface area contributed by atoms with Gasteiger partial charge in [-0.15, -0.1) is 0 Å². The Bertz CT molecular complexity index is 1270. The minimum Gasteiger partial charge on any atom is -0.467 e.